The van der Waals surface area contributed by atoms with Crippen LogP contribution in [0.4, 0.5) is 0 Å². The lowest BCUT2D eigenvalue weighted by Crippen LogP contribution is -2.23. The van der Waals surface area contributed by atoms with Crippen LogP contribution in [0.3, 0.4) is 0 Å². The Morgan fingerprint density at radius 3 is 2.30 bits per heavy atom. The number of aromatic hydroxyl groups is 1. The highest BCUT2D eigenvalue weighted by Crippen LogP contribution is 2.13. The van der Waals surface area contributed by atoms with Crippen molar-refractivity contribution in [2.75, 3.05) is 13.1 Å². The number of benzene rings is 2. The zero-order chi connectivity index (χ0) is 14.4. The minimum absolute atomic E-state index is 0.288. The Morgan fingerprint density at radius 1 is 1.00 bits per heavy atom. The van der Waals surface area contributed by atoms with E-state index in [4.69, 9.17) is 0 Å². The number of phenolic OH excluding ortho intramolecular Hbond substituents is 1. The highest BCUT2D eigenvalue weighted by molar-refractivity contribution is 5.26. The standard InChI is InChI=1S/C17H21NO2/c1-13-2-6-15(7-3-13)17(20)12-18-11-10-14-4-8-16(19)9-5-14/h2-9,17-20H,10-12H2,1H3. The van der Waals surface area contributed by atoms with E-state index in [1.807, 2.05) is 43.3 Å². The van der Waals surface area contributed by atoms with Gasteiger partial charge in [-0.25, -0.2) is 0 Å². The second kappa shape index (κ2) is 7.08. The van der Waals surface area contributed by atoms with Gasteiger partial charge in [0.25, 0.3) is 0 Å². The second-order valence-corrected chi connectivity index (χ2v) is 5.05. The smallest absolute Gasteiger partial charge is 0.115 e. The molecule has 0 saturated carbocycles. The van der Waals surface area contributed by atoms with Crippen LogP contribution in [0.15, 0.2) is 48.5 Å². The summed E-state index contributed by atoms with van der Waals surface area (Å²) in [6.07, 6.45) is 0.399. The average molecular weight is 271 g/mol. The van der Waals surface area contributed by atoms with Crippen molar-refractivity contribution in [2.45, 2.75) is 19.4 Å². The van der Waals surface area contributed by atoms with Crippen LogP contribution in [0.5, 0.6) is 5.75 Å². The first kappa shape index (κ1) is 14.6. The molecule has 2 rings (SSSR count). The van der Waals surface area contributed by atoms with Crippen molar-refractivity contribution in [2.24, 2.45) is 0 Å². The molecule has 1 unspecified atom stereocenters. The predicted molar refractivity (Wildman–Crippen MR) is 80.8 cm³/mol. The fourth-order valence-electron chi connectivity index (χ4n) is 2.04. The van der Waals surface area contributed by atoms with Gasteiger partial charge in [0.05, 0.1) is 6.10 Å². The lowest BCUT2D eigenvalue weighted by Gasteiger charge is -2.12. The summed E-state index contributed by atoms with van der Waals surface area (Å²) >= 11 is 0. The Kier molecular flexibility index (Phi) is 5.16. The van der Waals surface area contributed by atoms with E-state index >= 15 is 0 Å². The van der Waals surface area contributed by atoms with Crippen molar-refractivity contribution < 1.29 is 10.2 Å². The Labute approximate surface area is 119 Å². The summed E-state index contributed by atoms with van der Waals surface area (Å²) in [6.45, 7) is 3.38. The van der Waals surface area contributed by atoms with E-state index in [1.54, 1.807) is 12.1 Å². The maximum Gasteiger partial charge on any atom is 0.115 e. The molecule has 0 heterocycles. The van der Waals surface area contributed by atoms with E-state index in [-0.39, 0.29) is 5.75 Å². The van der Waals surface area contributed by atoms with Gasteiger partial charge in [-0.05, 0) is 43.1 Å². The molecule has 2 aromatic rings. The lowest BCUT2D eigenvalue weighted by molar-refractivity contribution is 0.175. The van der Waals surface area contributed by atoms with E-state index in [0.29, 0.717) is 6.54 Å². The topological polar surface area (TPSA) is 52.5 Å². The van der Waals surface area contributed by atoms with Crippen LogP contribution in [0, 0.1) is 6.92 Å². The Balaban J connectivity index is 1.72. The molecule has 0 aliphatic heterocycles. The summed E-state index contributed by atoms with van der Waals surface area (Å²) in [6, 6.07) is 15.1. The maximum atomic E-state index is 10.0. The molecule has 0 amide bonds. The van der Waals surface area contributed by atoms with Gasteiger partial charge in [0.1, 0.15) is 5.75 Å². The molecular weight excluding hydrogens is 250 g/mol. The molecule has 0 saturated heterocycles. The minimum Gasteiger partial charge on any atom is -0.508 e. The predicted octanol–water partition coefficient (Wildman–Crippen LogP) is 2.57. The molecule has 2 aromatic carbocycles. The maximum absolute atomic E-state index is 10.0. The fraction of sp³-hybridized carbons (Fsp3) is 0.294. The molecule has 1 atom stereocenters. The van der Waals surface area contributed by atoms with Crippen LogP contribution >= 0.6 is 0 Å². The Bertz CT molecular complexity index is 520. The van der Waals surface area contributed by atoms with Gasteiger partial charge < -0.3 is 15.5 Å². The van der Waals surface area contributed by atoms with Crippen LogP contribution in [0.1, 0.15) is 22.8 Å². The van der Waals surface area contributed by atoms with Gasteiger partial charge >= 0.3 is 0 Å². The van der Waals surface area contributed by atoms with Crippen molar-refractivity contribution in [1.82, 2.24) is 5.32 Å². The quantitative estimate of drug-likeness (QED) is 0.708. The summed E-state index contributed by atoms with van der Waals surface area (Å²) < 4.78 is 0. The molecule has 3 heteroatoms. The molecule has 20 heavy (non-hydrogen) atoms. The number of hydrogen-bond acceptors (Lipinski definition) is 3. The largest absolute Gasteiger partial charge is 0.508 e. The average Bonchev–Trinajstić information content (AvgIpc) is 2.46. The zero-order valence-electron chi connectivity index (χ0n) is 11.7. The Morgan fingerprint density at radius 2 is 1.65 bits per heavy atom. The number of aliphatic hydroxyl groups is 1. The summed E-state index contributed by atoms with van der Waals surface area (Å²) in [5, 5.41) is 22.5. The van der Waals surface area contributed by atoms with Crippen LogP contribution in [-0.4, -0.2) is 23.3 Å². The van der Waals surface area contributed by atoms with Crippen molar-refractivity contribution in [3.63, 3.8) is 0 Å². The third kappa shape index (κ3) is 4.37. The number of rotatable bonds is 6. The van der Waals surface area contributed by atoms with Crippen molar-refractivity contribution in [3.05, 3.63) is 65.2 Å². The molecule has 106 valence electrons. The van der Waals surface area contributed by atoms with Gasteiger partial charge in [0.2, 0.25) is 0 Å². The molecule has 0 fully saturated rings. The molecule has 0 spiro atoms. The van der Waals surface area contributed by atoms with E-state index in [2.05, 4.69) is 5.32 Å². The fourth-order valence-corrected chi connectivity index (χ4v) is 2.04. The van der Waals surface area contributed by atoms with E-state index in [0.717, 1.165) is 18.5 Å². The second-order valence-electron chi connectivity index (χ2n) is 5.05. The molecule has 0 bridgehead atoms. The molecule has 0 aliphatic carbocycles. The third-order valence-electron chi connectivity index (χ3n) is 3.33. The summed E-state index contributed by atoms with van der Waals surface area (Å²) in [4.78, 5) is 0. The van der Waals surface area contributed by atoms with Gasteiger partial charge in [0.15, 0.2) is 0 Å². The van der Waals surface area contributed by atoms with Crippen molar-refractivity contribution in [3.8, 4) is 5.75 Å². The molecule has 3 N–H and O–H groups in total. The monoisotopic (exact) mass is 271 g/mol. The van der Waals surface area contributed by atoms with Gasteiger partial charge in [-0.1, -0.05) is 42.0 Å². The highest BCUT2D eigenvalue weighted by atomic mass is 16.3. The van der Waals surface area contributed by atoms with Gasteiger partial charge in [-0.2, -0.15) is 0 Å². The molecule has 0 aliphatic rings. The van der Waals surface area contributed by atoms with Crippen LogP contribution in [0.2, 0.25) is 0 Å². The Hall–Kier alpha value is -1.84. The summed E-state index contributed by atoms with van der Waals surface area (Å²) in [5.74, 6) is 0.288. The summed E-state index contributed by atoms with van der Waals surface area (Å²) in [5.41, 5.74) is 3.30. The van der Waals surface area contributed by atoms with Crippen LogP contribution in [0.25, 0.3) is 0 Å². The zero-order valence-corrected chi connectivity index (χ0v) is 11.7. The number of phenols is 1. The van der Waals surface area contributed by atoms with Crippen molar-refractivity contribution in [1.29, 1.82) is 0 Å². The molecule has 0 aromatic heterocycles. The van der Waals surface area contributed by atoms with Gasteiger partial charge in [-0.15, -0.1) is 0 Å². The van der Waals surface area contributed by atoms with Gasteiger partial charge in [-0.3, -0.25) is 0 Å². The number of nitrogens with one attached hydrogen (secondary N) is 1. The molecule has 0 radical (unpaired) electrons. The molecule has 3 nitrogen and oxygen atoms in total. The first-order chi connectivity index (χ1) is 9.65. The van der Waals surface area contributed by atoms with Crippen LogP contribution < -0.4 is 5.32 Å². The summed E-state index contributed by atoms with van der Waals surface area (Å²) in [7, 11) is 0. The lowest BCUT2D eigenvalue weighted by atomic mass is 10.1. The van der Waals surface area contributed by atoms with Crippen molar-refractivity contribution >= 4 is 0 Å². The first-order valence-corrected chi connectivity index (χ1v) is 6.88. The number of aliphatic hydroxyl groups excluding tert-OH is 1. The van der Waals surface area contributed by atoms with Gasteiger partial charge in [0, 0.05) is 6.54 Å². The highest BCUT2D eigenvalue weighted by Gasteiger charge is 2.06. The number of hydrogen-bond donors (Lipinski definition) is 3. The molecular formula is C17H21NO2. The SMILES string of the molecule is Cc1ccc(C(O)CNCCc2ccc(O)cc2)cc1. The van der Waals surface area contributed by atoms with E-state index < -0.39 is 6.10 Å². The van der Waals surface area contributed by atoms with Crippen LogP contribution in [-0.2, 0) is 6.42 Å². The number of aryl methyl sites for hydroxylation is 1. The first-order valence-electron chi connectivity index (χ1n) is 6.88. The minimum atomic E-state index is -0.476. The third-order valence-corrected chi connectivity index (χ3v) is 3.33. The van der Waals surface area contributed by atoms with E-state index in [9.17, 15) is 10.2 Å². The normalized spacial score (nSPS) is 12.3. The van der Waals surface area contributed by atoms with E-state index in [1.165, 1.54) is 11.1 Å².